The average Bonchev–Trinajstić information content (AvgIpc) is 3.03. The number of fused-ring (bicyclic) bond motifs is 1. The van der Waals surface area contributed by atoms with Gasteiger partial charge >= 0.3 is 5.97 Å². The number of benzene rings is 2. The zero-order valence-corrected chi connectivity index (χ0v) is 16.4. The molecule has 0 saturated heterocycles. The summed E-state index contributed by atoms with van der Waals surface area (Å²) >= 11 is 0. The molecular formula is C22H23NO5. The lowest BCUT2D eigenvalue weighted by atomic mass is 10.1. The first-order valence-corrected chi connectivity index (χ1v) is 9.03. The second-order valence-corrected chi connectivity index (χ2v) is 6.85. The van der Waals surface area contributed by atoms with Crippen molar-refractivity contribution in [3.8, 4) is 5.75 Å². The Morgan fingerprint density at radius 2 is 1.93 bits per heavy atom. The predicted octanol–water partition coefficient (Wildman–Crippen LogP) is 4.50. The Bertz CT molecular complexity index is 1020. The third-order valence-corrected chi connectivity index (χ3v) is 4.20. The van der Waals surface area contributed by atoms with E-state index in [-0.39, 0.29) is 18.4 Å². The van der Waals surface area contributed by atoms with Crippen LogP contribution < -0.4 is 10.1 Å². The minimum absolute atomic E-state index is 0.0827. The molecule has 0 aliphatic rings. The largest absolute Gasteiger partial charge is 0.489 e. The van der Waals surface area contributed by atoms with Crippen molar-refractivity contribution >= 4 is 28.5 Å². The Balaban J connectivity index is 1.84. The number of hydrogen-bond acceptors (Lipinski definition) is 5. The molecule has 0 aliphatic heterocycles. The molecule has 1 heterocycles. The van der Waals surface area contributed by atoms with Crippen LogP contribution in [-0.4, -0.2) is 25.1 Å². The molecule has 28 heavy (non-hydrogen) atoms. The quantitative estimate of drug-likeness (QED) is 0.636. The highest BCUT2D eigenvalue weighted by Gasteiger charge is 2.16. The van der Waals surface area contributed by atoms with E-state index in [1.807, 2.05) is 39.0 Å². The first kappa shape index (κ1) is 19.5. The summed E-state index contributed by atoms with van der Waals surface area (Å²) in [5.41, 5.74) is 3.39. The standard InChI is InChI=1S/C22H23NO5/c1-13(2)28-19-8-6-15(22(25)26-4)10-18(19)23-21(24)11-16-12-27-20-9-14(3)5-7-17(16)20/h5-10,12-13H,11H2,1-4H3,(H,23,24). The molecule has 0 fully saturated rings. The van der Waals surface area contributed by atoms with E-state index in [1.54, 1.807) is 24.5 Å². The van der Waals surface area contributed by atoms with E-state index in [2.05, 4.69) is 5.32 Å². The van der Waals surface area contributed by atoms with Gasteiger partial charge in [0.2, 0.25) is 5.91 Å². The first-order chi connectivity index (χ1) is 13.4. The molecule has 3 rings (SSSR count). The molecule has 0 bridgehead atoms. The minimum Gasteiger partial charge on any atom is -0.489 e. The van der Waals surface area contributed by atoms with Gasteiger partial charge in [0.15, 0.2) is 0 Å². The van der Waals surface area contributed by atoms with Crippen LogP contribution in [0.2, 0.25) is 0 Å². The van der Waals surface area contributed by atoms with E-state index in [4.69, 9.17) is 13.9 Å². The molecule has 1 N–H and O–H groups in total. The molecule has 2 aromatic carbocycles. The molecule has 146 valence electrons. The number of anilines is 1. The van der Waals surface area contributed by atoms with Gasteiger partial charge < -0.3 is 19.2 Å². The summed E-state index contributed by atoms with van der Waals surface area (Å²) < 4.78 is 16.1. The minimum atomic E-state index is -0.484. The second kappa shape index (κ2) is 8.17. The maximum Gasteiger partial charge on any atom is 0.337 e. The summed E-state index contributed by atoms with van der Waals surface area (Å²) in [6.45, 7) is 5.76. The molecule has 0 radical (unpaired) electrons. The van der Waals surface area contributed by atoms with Crippen LogP contribution in [0.25, 0.3) is 11.0 Å². The van der Waals surface area contributed by atoms with Crippen LogP contribution in [0, 0.1) is 6.92 Å². The van der Waals surface area contributed by atoms with Gasteiger partial charge in [0.25, 0.3) is 0 Å². The number of methoxy groups -OCH3 is 1. The molecule has 0 aliphatic carbocycles. The van der Waals surface area contributed by atoms with Gasteiger partial charge in [0, 0.05) is 10.9 Å². The Labute approximate surface area is 163 Å². The lowest BCUT2D eigenvalue weighted by Crippen LogP contribution is -2.17. The van der Waals surface area contributed by atoms with E-state index in [1.165, 1.54) is 7.11 Å². The SMILES string of the molecule is COC(=O)c1ccc(OC(C)C)c(NC(=O)Cc2coc3cc(C)ccc23)c1. The molecule has 1 amide bonds. The second-order valence-electron chi connectivity index (χ2n) is 6.85. The van der Waals surface area contributed by atoms with Gasteiger partial charge in [-0.25, -0.2) is 4.79 Å². The van der Waals surface area contributed by atoms with Crippen LogP contribution in [0.15, 0.2) is 47.1 Å². The van der Waals surface area contributed by atoms with Gasteiger partial charge in [-0.3, -0.25) is 4.79 Å². The smallest absolute Gasteiger partial charge is 0.337 e. The van der Waals surface area contributed by atoms with Crippen LogP contribution in [0.3, 0.4) is 0 Å². The van der Waals surface area contributed by atoms with E-state index in [0.717, 1.165) is 22.1 Å². The maximum atomic E-state index is 12.7. The average molecular weight is 381 g/mol. The van der Waals surface area contributed by atoms with Gasteiger partial charge in [-0.15, -0.1) is 0 Å². The fourth-order valence-electron chi connectivity index (χ4n) is 2.92. The van der Waals surface area contributed by atoms with Crippen LogP contribution in [0.1, 0.15) is 35.3 Å². The number of rotatable bonds is 6. The zero-order chi connectivity index (χ0) is 20.3. The summed E-state index contributed by atoms with van der Waals surface area (Å²) in [5, 5.41) is 3.74. The third kappa shape index (κ3) is 4.34. The highest BCUT2D eigenvalue weighted by Crippen LogP contribution is 2.28. The normalized spacial score (nSPS) is 10.9. The van der Waals surface area contributed by atoms with Crippen molar-refractivity contribution in [2.75, 3.05) is 12.4 Å². The van der Waals surface area contributed by atoms with E-state index in [0.29, 0.717) is 17.0 Å². The van der Waals surface area contributed by atoms with E-state index >= 15 is 0 Å². The number of hydrogen-bond donors (Lipinski definition) is 1. The maximum absolute atomic E-state index is 12.7. The van der Waals surface area contributed by atoms with Crippen molar-refractivity contribution in [2.24, 2.45) is 0 Å². The molecule has 1 aromatic heterocycles. The van der Waals surface area contributed by atoms with Gasteiger partial charge in [-0.2, -0.15) is 0 Å². The van der Waals surface area contributed by atoms with Gasteiger partial charge in [0.05, 0.1) is 37.1 Å². The third-order valence-electron chi connectivity index (χ3n) is 4.20. The van der Waals surface area contributed by atoms with Crippen molar-refractivity contribution in [2.45, 2.75) is 33.3 Å². The molecular weight excluding hydrogens is 358 g/mol. The van der Waals surface area contributed by atoms with Crippen molar-refractivity contribution < 1.29 is 23.5 Å². The molecule has 3 aromatic rings. The van der Waals surface area contributed by atoms with Crippen LogP contribution in [0.4, 0.5) is 5.69 Å². The highest BCUT2D eigenvalue weighted by atomic mass is 16.5. The van der Waals surface area contributed by atoms with E-state index < -0.39 is 5.97 Å². The molecule has 6 nitrogen and oxygen atoms in total. The molecule has 0 saturated carbocycles. The molecule has 0 spiro atoms. The van der Waals surface area contributed by atoms with Gasteiger partial charge in [-0.05, 0) is 50.6 Å². The van der Waals surface area contributed by atoms with Crippen molar-refractivity contribution in [3.63, 3.8) is 0 Å². The zero-order valence-electron chi connectivity index (χ0n) is 16.4. The summed E-state index contributed by atoms with van der Waals surface area (Å²) in [6, 6.07) is 10.7. The lowest BCUT2D eigenvalue weighted by Gasteiger charge is -2.16. The Morgan fingerprint density at radius 1 is 1.14 bits per heavy atom. The monoisotopic (exact) mass is 381 g/mol. The number of carbonyl (C=O) groups is 2. The first-order valence-electron chi connectivity index (χ1n) is 9.03. The Kier molecular flexibility index (Phi) is 5.68. The van der Waals surface area contributed by atoms with Crippen molar-refractivity contribution in [1.82, 2.24) is 0 Å². The van der Waals surface area contributed by atoms with E-state index in [9.17, 15) is 9.59 Å². The summed E-state index contributed by atoms with van der Waals surface area (Å²) in [6.07, 6.45) is 1.65. The topological polar surface area (TPSA) is 77.8 Å². The molecule has 6 heteroatoms. The van der Waals surface area contributed by atoms with Crippen LogP contribution >= 0.6 is 0 Å². The summed E-state index contributed by atoms with van der Waals surface area (Å²) in [7, 11) is 1.31. The Morgan fingerprint density at radius 3 is 2.64 bits per heavy atom. The number of furan rings is 1. The van der Waals surface area contributed by atoms with Crippen molar-refractivity contribution in [1.29, 1.82) is 0 Å². The number of amides is 1. The number of ether oxygens (including phenoxy) is 2. The Hall–Kier alpha value is -3.28. The van der Waals surface area contributed by atoms with Gasteiger partial charge in [0.1, 0.15) is 11.3 Å². The fourth-order valence-corrected chi connectivity index (χ4v) is 2.92. The van der Waals surface area contributed by atoms with Crippen LogP contribution in [-0.2, 0) is 16.0 Å². The summed E-state index contributed by atoms with van der Waals surface area (Å²) in [4.78, 5) is 24.5. The predicted molar refractivity (Wildman–Crippen MR) is 107 cm³/mol. The number of nitrogens with one attached hydrogen (secondary N) is 1. The fraction of sp³-hybridized carbons (Fsp3) is 0.273. The highest BCUT2D eigenvalue weighted by molar-refractivity contribution is 5.98. The van der Waals surface area contributed by atoms with Crippen LogP contribution in [0.5, 0.6) is 5.75 Å². The summed E-state index contributed by atoms with van der Waals surface area (Å²) in [5.74, 6) is -0.231. The van der Waals surface area contributed by atoms with Crippen molar-refractivity contribution in [3.05, 3.63) is 59.4 Å². The molecule has 0 unspecified atom stereocenters. The number of esters is 1. The number of aryl methyl sites for hydroxylation is 1. The number of carbonyl (C=O) groups excluding carboxylic acids is 2. The lowest BCUT2D eigenvalue weighted by molar-refractivity contribution is -0.115. The van der Waals surface area contributed by atoms with Gasteiger partial charge in [-0.1, -0.05) is 12.1 Å². The molecule has 0 atom stereocenters.